The minimum atomic E-state index is 0. The topological polar surface area (TPSA) is 7.12 Å². The summed E-state index contributed by atoms with van der Waals surface area (Å²) < 4.78 is 3.70. The van der Waals surface area contributed by atoms with Crippen LogP contribution in [0.1, 0.15) is 38.1 Å². The van der Waals surface area contributed by atoms with Gasteiger partial charge in [-0.1, -0.05) is 71.1 Å². The lowest BCUT2D eigenvalue weighted by molar-refractivity contribution is -0.665. The highest BCUT2D eigenvalue weighted by Crippen LogP contribution is 2.45. The monoisotopic (exact) mass is 618 g/mol. The van der Waals surface area contributed by atoms with Crippen LogP contribution in [0.4, 0.5) is 5.69 Å². The summed E-state index contributed by atoms with van der Waals surface area (Å²) in [6.45, 7) is 6.33. The van der Waals surface area contributed by atoms with Gasteiger partial charge in [0.05, 0.1) is 10.7 Å². The number of hydrogen-bond donors (Lipinski definition) is 0. The van der Waals surface area contributed by atoms with Crippen LogP contribution in [0.5, 0.6) is 0 Å². The molecule has 1 aliphatic carbocycles. The van der Waals surface area contributed by atoms with Crippen molar-refractivity contribution in [3.63, 3.8) is 0 Å². The Morgan fingerprint density at radius 2 is 1.79 bits per heavy atom. The van der Waals surface area contributed by atoms with Crippen LogP contribution in [-0.2, 0) is 6.54 Å². The molecule has 1 aromatic heterocycles. The molecule has 0 fully saturated rings. The van der Waals surface area contributed by atoms with Crippen LogP contribution in [0.2, 0.25) is 0 Å². The van der Waals surface area contributed by atoms with Crippen molar-refractivity contribution in [2.75, 3.05) is 11.4 Å². The quantitative estimate of drug-likeness (QED) is 0.283. The van der Waals surface area contributed by atoms with Crippen molar-refractivity contribution in [1.29, 1.82) is 0 Å². The third-order valence-electron chi connectivity index (χ3n) is 6.22. The largest absolute Gasteiger partial charge is 1.00 e. The zero-order valence-electron chi connectivity index (χ0n) is 19.4. The van der Waals surface area contributed by atoms with Crippen molar-refractivity contribution in [2.45, 2.75) is 44.6 Å². The van der Waals surface area contributed by atoms with Crippen molar-refractivity contribution in [1.82, 2.24) is 0 Å². The first kappa shape index (κ1) is 25.5. The van der Waals surface area contributed by atoms with E-state index in [9.17, 15) is 0 Å². The molecule has 1 aliphatic heterocycles. The number of halogens is 2. The van der Waals surface area contributed by atoms with Crippen LogP contribution in [0.15, 0.2) is 92.9 Å². The number of benzene rings is 2. The summed E-state index contributed by atoms with van der Waals surface area (Å²) in [6, 6.07) is 17.2. The molecule has 2 nitrogen and oxygen atoms in total. The molecule has 0 amide bonds. The smallest absolute Gasteiger partial charge is 0.262 e. The maximum atomic E-state index is 6.92. The number of hydrogen-bond acceptors (Lipinski definition) is 3. The van der Waals surface area contributed by atoms with Crippen LogP contribution in [0.25, 0.3) is 16.3 Å². The summed E-state index contributed by atoms with van der Waals surface area (Å²) in [5, 5.41) is 3.46. The molecule has 0 unspecified atom stereocenters. The van der Waals surface area contributed by atoms with E-state index >= 15 is 0 Å². The molecule has 2 aliphatic rings. The number of thiazole rings is 1. The molecular formula is C28H28ClIN2S2. The van der Waals surface area contributed by atoms with Gasteiger partial charge in [-0.25, -0.2) is 0 Å². The minimum Gasteiger partial charge on any atom is -1.00 e. The Bertz CT molecular complexity index is 1320. The zero-order chi connectivity index (χ0) is 22.8. The molecule has 34 heavy (non-hydrogen) atoms. The van der Waals surface area contributed by atoms with E-state index in [1.54, 1.807) is 0 Å². The first-order valence-electron chi connectivity index (χ1n) is 11.6. The molecule has 0 saturated carbocycles. The predicted octanol–water partition coefficient (Wildman–Crippen LogP) is 5.30. The fourth-order valence-corrected chi connectivity index (χ4v) is 7.13. The van der Waals surface area contributed by atoms with E-state index in [4.69, 9.17) is 11.6 Å². The molecule has 0 spiro atoms. The number of para-hydroxylation sites is 2. The second-order valence-electron chi connectivity index (χ2n) is 8.19. The maximum Gasteiger partial charge on any atom is 0.262 e. The second-order valence-corrected chi connectivity index (χ2v) is 10.7. The number of anilines is 1. The minimum absolute atomic E-state index is 0. The van der Waals surface area contributed by atoms with Crippen molar-refractivity contribution in [2.24, 2.45) is 0 Å². The lowest BCUT2D eigenvalue weighted by Gasteiger charge is -2.19. The summed E-state index contributed by atoms with van der Waals surface area (Å²) in [5.74, 6) is 0. The van der Waals surface area contributed by atoms with Crippen LogP contribution in [0, 0.1) is 0 Å². The SMILES string of the molecule is CCN1/C(=C/C=C2\CCCC(/C=C/c3sc4ccccc4[n+]3CC)=C2Cl)Sc2ccccc21.[I-]. The Morgan fingerprint density at radius 1 is 1.00 bits per heavy atom. The Hall–Kier alpha value is -1.54. The number of nitrogens with zero attached hydrogens (tertiary/aromatic N) is 2. The number of fused-ring (bicyclic) bond motifs is 2. The average molecular weight is 619 g/mol. The van der Waals surface area contributed by atoms with Gasteiger partial charge in [-0.3, -0.25) is 0 Å². The van der Waals surface area contributed by atoms with E-state index in [0.29, 0.717) is 0 Å². The van der Waals surface area contributed by atoms with E-state index < -0.39 is 0 Å². The van der Waals surface area contributed by atoms with Crippen LogP contribution in [0.3, 0.4) is 0 Å². The zero-order valence-corrected chi connectivity index (χ0v) is 24.0. The van der Waals surface area contributed by atoms with E-state index in [1.807, 2.05) is 23.1 Å². The number of rotatable bonds is 5. The highest BCUT2D eigenvalue weighted by atomic mass is 127. The van der Waals surface area contributed by atoms with Gasteiger partial charge in [0, 0.05) is 28.6 Å². The number of aromatic nitrogens is 1. The van der Waals surface area contributed by atoms with Crippen LogP contribution in [-0.4, -0.2) is 6.54 Å². The normalized spacial score (nSPS) is 18.4. The molecule has 6 heteroatoms. The van der Waals surface area contributed by atoms with Crippen molar-refractivity contribution in [3.05, 3.63) is 93.0 Å². The van der Waals surface area contributed by atoms with Crippen LogP contribution >= 0.6 is 34.7 Å². The van der Waals surface area contributed by atoms with Crippen molar-refractivity contribution >= 4 is 56.7 Å². The molecule has 0 atom stereocenters. The fraction of sp³-hybridized carbons (Fsp3) is 0.250. The Morgan fingerprint density at radius 3 is 2.62 bits per heavy atom. The van der Waals surface area contributed by atoms with Gasteiger partial charge in [-0.05, 0) is 68.5 Å². The first-order chi connectivity index (χ1) is 16.2. The van der Waals surface area contributed by atoms with Crippen LogP contribution < -0.4 is 33.4 Å². The summed E-state index contributed by atoms with van der Waals surface area (Å²) >= 11 is 10.6. The fourth-order valence-electron chi connectivity index (χ4n) is 4.56. The van der Waals surface area contributed by atoms with Crippen molar-refractivity contribution in [3.8, 4) is 0 Å². The Balaban J connectivity index is 0.00000274. The van der Waals surface area contributed by atoms with Gasteiger partial charge >= 0.3 is 0 Å². The molecule has 3 aromatic rings. The van der Waals surface area contributed by atoms with Gasteiger partial charge in [0.15, 0.2) is 0 Å². The molecule has 176 valence electrons. The molecule has 0 saturated heterocycles. The van der Waals surface area contributed by atoms with E-state index in [-0.39, 0.29) is 24.0 Å². The predicted molar refractivity (Wildman–Crippen MR) is 145 cm³/mol. The maximum absolute atomic E-state index is 6.92. The highest BCUT2D eigenvalue weighted by molar-refractivity contribution is 8.03. The highest BCUT2D eigenvalue weighted by Gasteiger charge is 2.23. The molecule has 2 heterocycles. The third-order valence-corrected chi connectivity index (χ3v) is 8.96. The summed E-state index contributed by atoms with van der Waals surface area (Å²) in [6.07, 6.45) is 12.2. The Kier molecular flexibility index (Phi) is 8.61. The molecular weight excluding hydrogens is 591 g/mol. The van der Waals surface area contributed by atoms with Gasteiger partial charge < -0.3 is 28.9 Å². The number of allylic oxidation sites excluding steroid dienone is 6. The molecule has 5 rings (SSSR count). The molecule has 0 radical (unpaired) electrons. The first-order valence-corrected chi connectivity index (χ1v) is 13.6. The second kappa shape index (κ2) is 11.5. The standard InChI is InChI=1S/C28H28ClN2S2.HI/c1-3-30-22-12-5-7-14-24(22)32-26(30)18-16-20-10-9-11-21(28(20)29)17-19-27-31(4-2)23-13-6-8-15-25(23)33-27;/h5-8,12-19H,3-4,9-11H2,1-2H3;1H/q+1;/p-1. The molecule has 0 bridgehead atoms. The van der Waals surface area contributed by atoms with Gasteiger partial charge in [-0.2, -0.15) is 4.57 Å². The lowest BCUT2D eigenvalue weighted by Crippen LogP contribution is -3.00. The summed E-state index contributed by atoms with van der Waals surface area (Å²) in [4.78, 5) is 3.70. The van der Waals surface area contributed by atoms with E-state index in [2.05, 4.69) is 96.1 Å². The van der Waals surface area contributed by atoms with Gasteiger partial charge in [0.1, 0.15) is 11.2 Å². The Labute approximate surface area is 232 Å². The van der Waals surface area contributed by atoms with Crippen molar-refractivity contribution < 1.29 is 28.5 Å². The van der Waals surface area contributed by atoms with E-state index in [0.717, 1.165) is 37.4 Å². The van der Waals surface area contributed by atoms with E-state index in [1.165, 1.54) is 42.0 Å². The molecule has 2 aromatic carbocycles. The van der Waals surface area contributed by atoms with Gasteiger partial charge in [-0.15, -0.1) is 0 Å². The third kappa shape index (κ3) is 5.03. The lowest BCUT2D eigenvalue weighted by atomic mass is 9.94. The summed E-state index contributed by atoms with van der Waals surface area (Å²) in [7, 11) is 0. The molecule has 0 N–H and O–H groups in total. The number of aryl methyl sites for hydroxylation is 1. The van der Waals surface area contributed by atoms with Gasteiger partial charge in [0.2, 0.25) is 5.52 Å². The summed E-state index contributed by atoms with van der Waals surface area (Å²) in [5.41, 5.74) is 5.08. The average Bonchev–Trinajstić information content (AvgIpc) is 3.39. The van der Waals surface area contributed by atoms with Gasteiger partial charge in [0.25, 0.3) is 5.01 Å². The number of thioether (sulfide) groups is 1.